The molecule has 2 aliphatic heterocycles. The highest BCUT2D eigenvalue weighted by Gasteiger charge is 2.42. The van der Waals surface area contributed by atoms with Crippen molar-refractivity contribution in [2.24, 2.45) is 5.73 Å². The fourth-order valence-corrected chi connectivity index (χ4v) is 6.62. The van der Waals surface area contributed by atoms with E-state index in [4.69, 9.17) is 10.5 Å². The summed E-state index contributed by atoms with van der Waals surface area (Å²) < 4.78 is 30.4. The van der Waals surface area contributed by atoms with E-state index >= 15 is 0 Å². The van der Waals surface area contributed by atoms with E-state index in [-0.39, 0.29) is 11.4 Å². The predicted octanol–water partition coefficient (Wildman–Crippen LogP) is 2.38. The van der Waals surface area contributed by atoms with Gasteiger partial charge in [0.05, 0.1) is 22.1 Å². The van der Waals surface area contributed by atoms with Crippen molar-refractivity contribution in [1.29, 1.82) is 0 Å². The van der Waals surface area contributed by atoms with Crippen LogP contribution in [0.15, 0.2) is 29.2 Å². The topological polar surface area (TPSA) is 98.5 Å². The number of benzene rings is 1. The summed E-state index contributed by atoms with van der Waals surface area (Å²) in [6.45, 7) is 4.07. The molecule has 0 unspecified atom stereocenters. The van der Waals surface area contributed by atoms with Gasteiger partial charge in [0.1, 0.15) is 5.60 Å². The normalized spacial score (nSPS) is 18.5. The summed E-state index contributed by atoms with van der Waals surface area (Å²) in [5, 5.41) is 3.38. The molecular formula is C21H26N2O4S2. The summed E-state index contributed by atoms with van der Waals surface area (Å²) in [5.41, 5.74) is 8.56. The van der Waals surface area contributed by atoms with Crippen LogP contribution in [0.2, 0.25) is 0 Å². The number of nitrogens with one attached hydrogen (secondary N) is 1. The molecule has 1 fully saturated rings. The van der Waals surface area contributed by atoms with E-state index in [1.165, 1.54) is 16.9 Å². The van der Waals surface area contributed by atoms with Crippen LogP contribution in [-0.4, -0.2) is 39.8 Å². The summed E-state index contributed by atoms with van der Waals surface area (Å²) in [7, 11) is -3.23. The smallest absolute Gasteiger partial charge is 0.259 e. The van der Waals surface area contributed by atoms with E-state index in [0.29, 0.717) is 22.8 Å². The van der Waals surface area contributed by atoms with E-state index in [1.807, 2.05) is 12.1 Å². The third kappa shape index (κ3) is 3.74. The Morgan fingerprint density at radius 2 is 1.93 bits per heavy atom. The largest absolute Gasteiger partial charge is 0.369 e. The summed E-state index contributed by atoms with van der Waals surface area (Å²) in [5.74, 6) is -0.332. The lowest BCUT2D eigenvalue weighted by Crippen LogP contribution is -2.44. The average Bonchev–Trinajstić information content (AvgIpc) is 3.09. The van der Waals surface area contributed by atoms with E-state index in [1.54, 1.807) is 19.1 Å². The van der Waals surface area contributed by atoms with Crippen LogP contribution in [0.1, 0.15) is 51.0 Å². The lowest BCUT2D eigenvalue weighted by Gasteiger charge is -2.40. The van der Waals surface area contributed by atoms with Crippen molar-refractivity contribution in [2.75, 3.05) is 25.4 Å². The predicted molar refractivity (Wildman–Crippen MR) is 113 cm³/mol. The number of rotatable bonds is 5. The minimum Gasteiger partial charge on any atom is -0.369 e. The molecule has 8 heteroatoms. The number of hydrogen-bond donors (Lipinski definition) is 2. The van der Waals surface area contributed by atoms with Gasteiger partial charge in [-0.25, -0.2) is 8.42 Å². The summed E-state index contributed by atoms with van der Waals surface area (Å²) in [6, 6.07) is 6.96. The lowest BCUT2D eigenvalue weighted by atomic mass is 9.84. The Bertz CT molecular complexity index is 1020. The number of primary amides is 1. The van der Waals surface area contributed by atoms with Crippen molar-refractivity contribution >= 4 is 27.1 Å². The maximum absolute atomic E-state index is 12.2. The molecule has 0 bridgehead atoms. The van der Waals surface area contributed by atoms with Gasteiger partial charge in [0.15, 0.2) is 9.84 Å². The van der Waals surface area contributed by atoms with Gasteiger partial charge in [-0.3, -0.25) is 4.79 Å². The second kappa shape index (κ2) is 7.83. The highest BCUT2D eigenvalue weighted by molar-refractivity contribution is 7.91. The number of carbonyl (C=O) groups is 1. The summed E-state index contributed by atoms with van der Waals surface area (Å²) in [4.78, 5) is 14.3. The van der Waals surface area contributed by atoms with Gasteiger partial charge in [-0.15, -0.1) is 11.3 Å². The summed E-state index contributed by atoms with van der Waals surface area (Å²) >= 11 is 1.48. The Kier molecular flexibility index (Phi) is 5.54. The molecule has 3 heterocycles. The molecular weight excluding hydrogens is 408 g/mol. The standard InChI is InChI=1S/C21H26N2O4S2/c1-2-29(25,26)15-5-3-14(4-6-15)13-17-16-7-12-27-21(8-10-23-11-9-21)19(16)28-18(17)20(22)24/h3-6,23H,2,7-13H2,1H3,(H2,22,24). The van der Waals surface area contributed by atoms with Gasteiger partial charge in [0.2, 0.25) is 0 Å². The van der Waals surface area contributed by atoms with Gasteiger partial charge in [0.25, 0.3) is 5.91 Å². The first-order valence-corrected chi connectivity index (χ1v) is 12.4. The molecule has 6 nitrogen and oxygen atoms in total. The molecule has 1 aromatic carbocycles. The number of ether oxygens (including phenoxy) is 1. The highest BCUT2D eigenvalue weighted by atomic mass is 32.2. The third-order valence-electron chi connectivity index (χ3n) is 5.94. The van der Waals surface area contributed by atoms with Crippen molar-refractivity contribution in [3.8, 4) is 0 Å². The zero-order chi connectivity index (χ0) is 20.6. The Hall–Kier alpha value is -1.74. The van der Waals surface area contributed by atoms with E-state index in [9.17, 15) is 13.2 Å². The first-order valence-electron chi connectivity index (χ1n) is 9.97. The molecule has 1 aromatic heterocycles. The average molecular weight is 435 g/mol. The van der Waals surface area contributed by atoms with Gasteiger partial charge in [-0.05, 0) is 67.6 Å². The Labute approximate surface area is 175 Å². The first kappa shape index (κ1) is 20.5. The molecule has 156 valence electrons. The van der Waals surface area contributed by atoms with Crippen LogP contribution < -0.4 is 11.1 Å². The van der Waals surface area contributed by atoms with Crippen molar-refractivity contribution in [3.63, 3.8) is 0 Å². The van der Waals surface area contributed by atoms with Gasteiger partial charge in [-0.2, -0.15) is 0 Å². The molecule has 2 aromatic rings. The molecule has 3 N–H and O–H groups in total. The van der Waals surface area contributed by atoms with Gasteiger partial charge >= 0.3 is 0 Å². The maximum Gasteiger partial charge on any atom is 0.259 e. The lowest BCUT2D eigenvalue weighted by molar-refractivity contribution is -0.0772. The monoisotopic (exact) mass is 434 g/mol. The van der Waals surface area contributed by atoms with Gasteiger partial charge in [-0.1, -0.05) is 19.1 Å². The van der Waals surface area contributed by atoms with Crippen LogP contribution in [0, 0.1) is 0 Å². The van der Waals surface area contributed by atoms with E-state index in [0.717, 1.165) is 48.4 Å². The van der Waals surface area contributed by atoms with Gasteiger partial charge in [0, 0.05) is 4.88 Å². The van der Waals surface area contributed by atoms with Crippen molar-refractivity contribution < 1.29 is 17.9 Å². The van der Waals surface area contributed by atoms with Crippen LogP contribution >= 0.6 is 11.3 Å². The minimum atomic E-state index is -3.23. The Morgan fingerprint density at radius 3 is 2.55 bits per heavy atom. The molecule has 0 atom stereocenters. The molecule has 0 aliphatic carbocycles. The summed E-state index contributed by atoms with van der Waals surface area (Å²) in [6.07, 6.45) is 3.11. The molecule has 0 saturated carbocycles. The molecule has 1 amide bonds. The highest BCUT2D eigenvalue weighted by Crippen LogP contribution is 2.46. The number of piperidine rings is 1. The second-order valence-corrected chi connectivity index (χ2v) is 10.9. The Morgan fingerprint density at radius 1 is 1.24 bits per heavy atom. The van der Waals surface area contributed by atoms with E-state index in [2.05, 4.69) is 5.32 Å². The molecule has 2 aliphatic rings. The van der Waals surface area contributed by atoms with Crippen LogP contribution in [0.4, 0.5) is 0 Å². The van der Waals surface area contributed by atoms with Crippen LogP contribution in [0.5, 0.6) is 0 Å². The van der Waals surface area contributed by atoms with Crippen molar-refractivity contribution in [1.82, 2.24) is 5.32 Å². The first-order chi connectivity index (χ1) is 13.9. The number of nitrogens with two attached hydrogens (primary N) is 1. The quantitative estimate of drug-likeness (QED) is 0.753. The van der Waals surface area contributed by atoms with Crippen molar-refractivity contribution in [2.45, 2.75) is 43.1 Å². The zero-order valence-electron chi connectivity index (χ0n) is 16.5. The van der Waals surface area contributed by atoms with Crippen LogP contribution in [-0.2, 0) is 33.0 Å². The molecule has 0 radical (unpaired) electrons. The number of carbonyl (C=O) groups excluding carboxylic acids is 1. The molecule has 4 rings (SSSR count). The molecule has 1 saturated heterocycles. The molecule has 1 spiro atoms. The fraction of sp³-hybridized carbons (Fsp3) is 0.476. The number of hydrogen-bond acceptors (Lipinski definition) is 6. The van der Waals surface area contributed by atoms with Crippen LogP contribution in [0.3, 0.4) is 0 Å². The second-order valence-electron chi connectivity index (χ2n) is 7.65. The number of amides is 1. The van der Waals surface area contributed by atoms with E-state index < -0.39 is 15.7 Å². The van der Waals surface area contributed by atoms with Crippen LogP contribution in [0.25, 0.3) is 0 Å². The van der Waals surface area contributed by atoms with Crippen molar-refractivity contribution in [3.05, 3.63) is 50.7 Å². The number of fused-ring (bicyclic) bond motifs is 2. The Balaban J connectivity index is 1.72. The SMILES string of the molecule is CCS(=O)(=O)c1ccc(Cc2c(C(N)=O)sc3c2CCOC32CCNCC2)cc1. The minimum absolute atomic E-state index is 0.0765. The zero-order valence-corrected chi connectivity index (χ0v) is 18.1. The number of thiophene rings is 1. The third-order valence-corrected chi connectivity index (χ3v) is 9.16. The number of sulfone groups is 1. The maximum atomic E-state index is 12.2. The molecule has 29 heavy (non-hydrogen) atoms. The van der Waals surface area contributed by atoms with Gasteiger partial charge < -0.3 is 15.8 Å². The fourth-order valence-electron chi connectivity index (χ4n) is 4.32.